The van der Waals surface area contributed by atoms with Crippen LogP contribution in [0.4, 0.5) is 17.1 Å². The highest BCUT2D eigenvalue weighted by Crippen LogP contribution is 2.27. The second kappa shape index (κ2) is 5.08. The van der Waals surface area contributed by atoms with Gasteiger partial charge in [-0.05, 0) is 6.07 Å². The quantitative estimate of drug-likeness (QED) is 0.428. The zero-order valence-electron chi connectivity index (χ0n) is 7.34. The van der Waals surface area contributed by atoms with Crippen LogP contribution in [0.15, 0.2) is 18.2 Å². The van der Waals surface area contributed by atoms with Gasteiger partial charge in [-0.25, -0.2) is 5.43 Å². The minimum atomic E-state index is -0.708. The summed E-state index contributed by atoms with van der Waals surface area (Å²) in [7, 11) is 0. The van der Waals surface area contributed by atoms with Gasteiger partial charge in [-0.2, -0.15) is 0 Å². The minimum Gasteiger partial charge on any atom is -1.00 e. The Morgan fingerprint density at radius 2 is 1.80 bits per heavy atom. The minimum absolute atomic E-state index is 0. The lowest BCUT2D eigenvalue weighted by Gasteiger charge is -1.98. The molecular formula is C6H7ClN4O4. The van der Waals surface area contributed by atoms with Gasteiger partial charge in [-0.15, -0.1) is 0 Å². The first-order chi connectivity index (χ1) is 6.56. The Morgan fingerprint density at radius 1 is 1.20 bits per heavy atom. The van der Waals surface area contributed by atoms with Crippen molar-refractivity contribution in [2.75, 3.05) is 5.43 Å². The average molecular weight is 235 g/mol. The van der Waals surface area contributed by atoms with E-state index in [0.29, 0.717) is 0 Å². The van der Waals surface area contributed by atoms with E-state index in [1.54, 1.807) is 0 Å². The zero-order chi connectivity index (χ0) is 10.7. The Morgan fingerprint density at radius 3 is 2.20 bits per heavy atom. The fraction of sp³-hybridized carbons (Fsp3) is 0. The van der Waals surface area contributed by atoms with Gasteiger partial charge in [0.25, 0.3) is 5.69 Å². The topological polar surface area (TPSA) is 126 Å². The lowest BCUT2D eigenvalue weighted by Crippen LogP contribution is -3.00. The Bertz CT molecular complexity index is 397. The predicted molar refractivity (Wildman–Crippen MR) is 46.3 cm³/mol. The van der Waals surface area contributed by atoms with Gasteiger partial charge in [-0.1, -0.05) is 0 Å². The third kappa shape index (κ3) is 2.76. The van der Waals surface area contributed by atoms with Gasteiger partial charge in [0, 0.05) is 6.07 Å². The number of rotatable bonds is 3. The Hall–Kier alpha value is -1.93. The lowest BCUT2D eigenvalue weighted by molar-refractivity contribution is -0.394. The highest BCUT2D eigenvalue weighted by Gasteiger charge is 2.19. The molecule has 0 spiro atoms. The van der Waals surface area contributed by atoms with Crippen LogP contribution in [-0.4, -0.2) is 9.85 Å². The normalized spacial score (nSPS) is 8.87. The molecule has 0 saturated heterocycles. The SMILES string of the molecule is [Cl-].[NH3+]Nc1ccc([N+](=O)[O-])cc1[N+](=O)[O-]. The van der Waals surface area contributed by atoms with Crippen molar-refractivity contribution in [3.05, 3.63) is 38.4 Å². The van der Waals surface area contributed by atoms with E-state index >= 15 is 0 Å². The molecule has 0 aliphatic carbocycles. The fourth-order valence-electron chi connectivity index (χ4n) is 0.934. The van der Waals surface area contributed by atoms with Gasteiger partial charge in [0.05, 0.1) is 15.9 Å². The van der Waals surface area contributed by atoms with Gasteiger partial charge in [0.1, 0.15) is 0 Å². The molecule has 0 aliphatic heterocycles. The maximum atomic E-state index is 10.5. The monoisotopic (exact) mass is 234 g/mol. The van der Waals surface area contributed by atoms with Crippen molar-refractivity contribution < 1.29 is 28.1 Å². The first-order valence-corrected chi connectivity index (χ1v) is 3.52. The van der Waals surface area contributed by atoms with Crippen LogP contribution in [0.3, 0.4) is 0 Å². The van der Waals surface area contributed by atoms with E-state index in [0.717, 1.165) is 6.07 Å². The number of nitro groups is 2. The molecule has 0 saturated carbocycles. The number of non-ortho nitro benzene ring substituents is 1. The van der Waals surface area contributed by atoms with E-state index in [-0.39, 0.29) is 29.5 Å². The van der Waals surface area contributed by atoms with Gasteiger partial charge in [0.2, 0.25) is 0 Å². The van der Waals surface area contributed by atoms with Crippen molar-refractivity contribution in [3.63, 3.8) is 0 Å². The molecule has 0 bridgehead atoms. The number of benzene rings is 1. The summed E-state index contributed by atoms with van der Waals surface area (Å²) in [6, 6.07) is 3.29. The van der Waals surface area contributed by atoms with Crippen molar-refractivity contribution >= 4 is 17.1 Å². The molecule has 0 atom stereocenters. The first-order valence-electron chi connectivity index (χ1n) is 3.52. The van der Waals surface area contributed by atoms with Crippen LogP contribution in [-0.2, 0) is 0 Å². The zero-order valence-corrected chi connectivity index (χ0v) is 8.10. The molecule has 15 heavy (non-hydrogen) atoms. The summed E-state index contributed by atoms with van der Waals surface area (Å²) in [5, 5.41) is 20.8. The second-order valence-corrected chi connectivity index (χ2v) is 2.39. The molecule has 0 radical (unpaired) electrons. The predicted octanol–water partition coefficient (Wildman–Crippen LogP) is -2.92. The van der Waals surface area contributed by atoms with Crippen LogP contribution in [0.1, 0.15) is 0 Å². The maximum Gasteiger partial charge on any atom is 0.304 e. The Balaban J connectivity index is 0.00000196. The largest absolute Gasteiger partial charge is 1.00 e. The molecule has 4 N–H and O–H groups in total. The Labute approximate surface area is 89.8 Å². The van der Waals surface area contributed by atoms with Crippen LogP contribution < -0.4 is 23.7 Å². The van der Waals surface area contributed by atoms with Gasteiger partial charge < -0.3 is 12.4 Å². The molecule has 1 aromatic rings. The summed E-state index contributed by atoms with van der Waals surface area (Å²) in [5.74, 6) is 3.25. The van der Waals surface area contributed by atoms with E-state index in [2.05, 4.69) is 11.3 Å². The van der Waals surface area contributed by atoms with Crippen LogP contribution >= 0.6 is 0 Å². The van der Waals surface area contributed by atoms with Crippen molar-refractivity contribution in [2.24, 2.45) is 0 Å². The standard InChI is InChI=1S/C6H6N4O4.ClH/c7-8-5-2-1-4(9(11)12)3-6(5)10(13)14;/h1-3,8H,7H2;1H. The molecule has 1 rings (SSSR count). The summed E-state index contributed by atoms with van der Waals surface area (Å²) in [4.78, 5) is 19.4. The number of hydrogen-bond donors (Lipinski definition) is 2. The number of nitro benzene ring substituents is 2. The summed E-state index contributed by atoms with van der Waals surface area (Å²) >= 11 is 0. The summed E-state index contributed by atoms with van der Waals surface area (Å²) < 4.78 is 0. The third-order valence-corrected chi connectivity index (χ3v) is 1.58. The fourth-order valence-corrected chi connectivity index (χ4v) is 0.934. The van der Waals surface area contributed by atoms with Gasteiger partial charge in [0.15, 0.2) is 5.69 Å². The summed E-state index contributed by atoms with van der Waals surface area (Å²) in [5.41, 5.74) is 1.78. The maximum absolute atomic E-state index is 10.5. The van der Waals surface area contributed by atoms with Crippen molar-refractivity contribution in [1.82, 2.24) is 0 Å². The first kappa shape index (κ1) is 13.1. The molecule has 0 unspecified atom stereocenters. The summed E-state index contributed by atoms with van der Waals surface area (Å²) in [6.07, 6.45) is 0. The summed E-state index contributed by atoms with van der Waals surface area (Å²) in [6.45, 7) is 0. The number of hydrogen-bond acceptors (Lipinski definition) is 5. The molecule has 0 aliphatic rings. The van der Waals surface area contributed by atoms with Crippen LogP contribution in [0.25, 0.3) is 0 Å². The van der Waals surface area contributed by atoms with Crippen LogP contribution in [0, 0.1) is 20.2 Å². The Kier molecular flexibility index (Phi) is 4.42. The molecule has 0 fully saturated rings. The highest BCUT2D eigenvalue weighted by molar-refractivity contribution is 5.63. The van der Waals surface area contributed by atoms with E-state index in [1.165, 1.54) is 12.1 Å². The van der Waals surface area contributed by atoms with Gasteiger partial charge >= 0.3 is 5.69 Å². The molecule has 8 nitrogen and oxygen atoms in total. The lowest BCUT2D eigenvalue weighted by atomic mass is 10.2. The van der Waals surface area contributed by atoms with Crippen molar-refractivity contribution in [1.29, 1.82) is 0 Å². The molecule has 0 aromatic heterocycles. The molecule has 0 heterocycles. The second-order valence-electron chi connectivity index (χ2n) is 2.39. The van der Waals surface area contributed by atoms with E-state index in [9.17, 15) is 20.2 Å². The van der Waals surface area contributed by atoms with E-state index in [4.69, 9.17) is 0 Å². The number of nitrogens with zero attached hydrogens (tertiary/aromatic N) is 2. The molecule has 9 heteroatoms. The highest BCUT2D eigenvalue weighted by atomic mass is 35.5. The van der Waals surface area contributed by atoms with Gasteiger partial charge in [-0.3, -0.25) is 26.1 Å². The third-order valence-electron chi connectivity index (χ3n) is 1.58. The molecular weight excluding hydrogens is 228 g/mol. The van der Waals surface area contributed by atoms with Crippen LogP contribution in [0.2, 0.25) is 0 Å². The van der Waals surface area contributed by atoms with Crippen LogP contribution in [0.5, 0.6) is 0 Å². The van der Waals surface area contributed by atoms with E-state index < -0.39 is 9.85 Å². The smallest absolute Gasteiger partial charge is 0.304 e. The number of halogens is 1. The molecule has 82 valence electrons. The number of nitrogens with one attached hydrogen (secondary N) is 1. The van der Waals surface area contributed by atoms with E-state index in [1.807, 2.05) is 0 Å². The number of anilines is 1. The molecule has 0 amide bonds. The average Bonchev–Trinajstić information content (AvgIpc) is 2.16. The molecule has 1 aromatic carbocycles. The van der Waals surface area contributed by atoms with Crippen molar-refractivity contribution in [2.45, 2.75) is 0 Å². The van der Waals surface area contributed by atoms with Crippen molar-refractivity contribution in [3.8, 4) is 0 Å². The number of quaternary nitrogens is 1.